The first-order valence-electron chi connectivity index (χ1n) is 6.89. The molecule has 0 unspecified atom stereocenters. The summed E-state index contributed by atoms with van der Waals surface area (Å²) in [4.78, 5) is 10.0. The van der Waals surface area contributed by atoms with Crippen LogP contribution in [0.4, 0.5) is 20.2 Å². The number of hydrogen-bond donors (Lipinski definition) is 1. The van der Waals surface area contributed by atoms with Gasteiger partial charge in [-0.25, -0.2) is 8.78 Å². The molecule has 0 aliphatic heterocycles. The third-order valence-electron chi connectivity index (χ3n) is 5.30. The van der Waals surface area contributed by atoms with Gasteiger partial charge in [0.1, 0.15) is 0 Å². The number of benzene rings is 1. The van der Waals surface area contributed by atoms with E-state index in [4.69, 9.17) is 0 Å². The van der Waals surface area contributed by atoms with Crippen LogP contribution in [0.2, 0.25) is 0 Å². The Morgan fingerprint density at radius 3 is 2.29 bits per heavy atom. The predicted molar refractivity (Wildman–Crippen MR) is 77.6 cm³/mol. The number of anilines is 1. The van der Waals surface area contributed by atoms with Crippen LogP contribution in [0.1, 0.15) is 39.7 Å². The van der Waals surface area contributed by atoms with Crippen LogP contribution in [0.15, 0.2) is 18.2 Å². The first-order valence-corrected chi connectivity index (χ1v) is 6.89. The Bertz CT molecular complexity index is 557. The smallest absolute Gasteiger partial charge is 0.270 e. The Hall–Kier alpha value is -1.72. The molecule has 0 atom stereocenters. The standard InChI is InChI=1S/C15H20F2N2O2/c1-14(2)12(15(14,3)4)8-18-11-6-5-9(19(20)21)7-10(11)13(16)17/h5-7,12-13,18H,8H2,1-4H3. The minimum Gasteiger partial charge on any atom is -0.384 e. The van der Waals surface area contributed by atoms with E-state index in [0.29, 0.717) is 12.5 Å². The van der Waals surface area contributed by atoms with Crippen molar-refractivity contribution in [3.63, 3.8) is 0 Å². The molecule has 0 spiro atoms. The molecule has 1 aliphatic carbocycles. The van der Waals surface area contributed by atoms with Gasteiger partial charge in [-0.1, -0.05) is 27.7 Å². The van der Waals surface area contributed by atoms with E-state index in [2.05, 4.69) is 33.0 Å². The van der Waals surface area contributed by atoms with Crippen LogP contribution in [0, 0.1) is 26.9 Å². The number of alkyl halides is 2. The van der Waals surface area contributed by atoms with Gasteiger partial charge in [-0.3, -0.25) is 10.1 Å². The molecule has 0 aromatic heterocycles. The van der Waals surface area contributed by atoms with E-state index in [1.54, 1.807) is 0 Å². The summed E-state index contributed by atoms with van der Waals surface area (Å²) in [6, 6.07) is 3.55. The Labute approximate surface area is 122 Å². The Balaban J connectivity index is 2.16. The average Bonchev–Trinajstić information content (AvgIpc) is 2.76. The molecule has 4 nitrogen and oxygen atoms in total. The van der Waals surface area contributed by atoms with Crippen molar-refractivity contribution in [1.82, 2.24) is 0 Å². The van der Waals surface area contributed by atoms with Crippen LogP contribution in [0.25, 0.3) is 0 Å². The van der Waals surface area contributed by atoms with Crippen LogP contribution in [0.3, 0.4) is 0 Å². The van der Waals surface area contributed by atoms with Crippen LogP contribution < -0.4 is 5.32 Å². The highest BCUT2D eigenvalue weighted by molar-refractivity contribution is 5.57. The van der Waals surface area contributed by atoms with Crippen molar-refractivity contribution in [3.05, 3.63) is 33.9 Å². The van der Waals surface area contributed by atoms with Gasteiger partial charge >= 0.3 is 0 Å². The molecule has 1 aliphatic rings. The minimum atomic E-state index is -2.74. The van der Waals surface area contributed by atoms with Gasteiger partial charge < -0.3 is 5.32 Å². The lowest BCUT2D eigenvalue weighted by atomic mass is 10.0. The van der Waals surface area contributed by atoms with Gasteiger partial charge in [-0.2, -0.15) is 0 Å². The third-order valence-corrected chi connectivity index (χ3v) is 5.30. The summed E-state index contributed by atoms with van der Waals surface area (Å²) in [5, 5.41) is 13.7. The van der Waals surface area contributed by atoms with Gasteiger partial charge in [-0.05, 0) is 22.8 Å². The Kier molecular flexibility index (Phi) is 3.68. The second kappa shape index (κ2) is 4.93. The molecule has 6 heteroatoms. The maximum absolute atomic E-state index is 13.1. The maximum Gasteiger partial charge on any atom is 0.270 e. The first kappa shape index (κ1) is 15.7. The van der Waals surface area contributed by atoms with E-state index in [-0.39, 0.29) is 27.8 Å². The largest absolute Gasteiger partial charge is 0.384 e. The SMILES string of the molecule is CC1(C)C(CNc2ccc([N+](=O)[O-])cc2C(F)F)C1(C)C. The molecule has 0 bridgehead atoms. The fraction of sp³-hybridized carbons (Fsp3) is 0.600. The fourth-order valence-electron chi connectivity index (χ4n) is 3.06. The van der Waals surface area contributed by atoms with Crippen LogP contribution in [-0.2, 0) is 0 Å². The number of nitrogens with zero attached hydrogens (tertiary/aromatic N) is 1. The van der Waals surface area contributed by atoms with Crippen molar-refractivity contribution < 1.29 is 13.7 Å². The number of nitro benzene ring substituents is 1. The molecular formula is C15H20F2N2O2. The van der Waals surface area contributed by atoms with Gasteiger partial charge in [0.05, 0.1) is 4.92 Å². The molecule has 1 N–H and O–H groups in total. The second-order valence-electron chi connectivity index (χ2n) is 6.71. The lowest BCUT2D eigenvalue weighted by Crippen LogP contribution is -2.10. The Morgan fingerprint density at radius 2 is 1.86 bits per heavy atom. The maximum atomic E-state index is 13.1. The molecule has 0 saturated heterocycles. The zero-order valence-electron chi connectivity index (χ0n) is 12.6. The molecular weight excluding hydrogens is 278 g/mol. The van der Waals surface area contributed by atoms with Gasteiger partial charge in [0.2, 0.25) is 0 Å². The highest BCUT2D eigenvalue weighted by atomic mass is 19.3. The summed E-state index contributed by atoms with van der Waals surface area (Å²) < 4.78 is 26.1. The minimum absolute atomic E-state index is 0.159. The number of nitro groups is 1. The van der Waals surface area contributed by atoms with Crippen molar-refractivity contribution in [1.29, 1.82) is 0 Å². The third kappa shape index (κ3) is 2.59. The summed E-state index contributed by atoms with van der Waals surface area (Å²) in [7, 11) is 0. The van der Waals surface area contributed by atoms with E-state index in [1.807, 2.05) is 0 Å². The van der Waals surface area contributed by atoms with Crippen molar-refractivity contribution in [2.24, 2.45) is 16.7 Å². The van der Waals surface area contributed by atoms with Gasteiger partial charge in [0, 0.05) is 29.9 Å². The second-order valence-corrected chi connectivity index (χ2v) is 6.71. The van der Waals surface area contributed by atoms with Crippen molar-refractivity contribution >= 4 is 11.4 Å². The van der Waals surface area contributed by atoms with Gasteiger partial charge in [-0.15, -0.1) is 0 Å². The van der Waals surface area contributed by atoms with E-state index in [1.165, 1.54) is 12.1 Å². The van der Waals surface area contributed by atoms with Crippen molar-refractivity contribution in [2.45, 2.75) is 34.1 Å². The quantitative estimate of drug-likeness (QED) is 0.637. The highest BCUT2D eigenvalue weighted by Crippen LogP contribution is 2.68. The monoisotopic (exact) mass is 298 g/mol. The van der Waals surface area contributed by atoms with Crippen LogP contribution in [0.5, 0.6) is 0 Å². The number of hydrogen-bond acceptors (Lipinski definition) is 3. The van der Waals surface area contributed by atoms with Crippen molar-refractivity contribution in [3.8, 4) is 0 Å². The summed E-state index contributed by atoms with van der Waals surface area (Å²) in [6.45, 7) is 9.20. The van der Waals surface area contributed by atoms with E-state index < -0.39 is 11.3 Å². The number of rotatable bonds is 5. The molecule has 2 rings (SSSR count). The number of non-ortho nitro benzene ring substituents is 1. The zero-order valence-corrected chi connectivity index (χ0v) is 12.6. The summed E-state index contributed by atoms with van der Waals surface area (Å²) in [5.41, 5.74) is -0.0464. The Morgan fingerprint density at radius 1 is 1.29 bits per heavy atom. The number of halogens is 2. The summed E-state index contributed by atoms with van der Waals surface area (Å²) in [5.74, 6) is 0.380. The molecule has 0 heterocycles. The van der Waals surface area contributed by atoms with Gasteiger partial charge in [0.25, 0.3) is 12.1 Å². The zero-order chi connectivity index (χ0) is 16.0. The molecule has 0 radical (unpaired) electrons. The van der Waals surface area contributed by atoms with E-state index in [9.17, 15) is 18.9 Å². The molecule has 116 valence electrons. The normalized spacial score (nSPS) is 19.6. The highest BCUT2D eigenvalue weighted by Gasteiger charge is 2.64. The molecule has 21 heavy (non-hydrogen) atoms. The molecule has 1 saturated carbocycles. The lowest BCUT2D eigenvalue weighted by Gasteiger charge is -2.12. The average molecular weight is 298 g/mol. The van der Waals surface area contributed by atoms with Crippen LogP contribution >= 0.6 is 0 Å². The van der Waals surface area contributed by atoms with Crippen molar-refractivity contribution in [2.75, 3.05) is 11.9 Å². The summed E-state index contributed by atoms with van der Waals surface area (Å²) >= 11 is 0. The van der Waals surface area contributed by atoms with Crippen LogP contribution in [-0.4, -0.2) is 11.5 Å². The van der Waals surface area contributed by atoms with E-state index >= 15 is 0 Å². The molecule has 0 amide bonds. The van der Waals surface area contributed by atoms with Gasteiger partial charge in [0.15, 0.2) is 0 Å². The summed E-state index contributed by atoms with van der Waals surface area (Å²) in [6.07, 6.45) is -2.74. The first-order chi connectivity index (χ1) is 9.59. The van der Waals surface area contributed by atoms with E-state index in [0.717, 1.165) is 6.07 Å². The molecule has 1 fully saturated rings. The number of nitrogens with one attached hydrogen (secondary N) is 1. The molecule has 1 aromatic rings. The predicted octanol–water partition coefficient (Wildman–Crippen LogP) is 4.63. The molecule has 1 aromatic carbocycles. The lowest BCUT2D eigenvalue weighted by molar-refractivity contribution is -0.385. The topological polar surface area (TPSA) is 55.2 Å². The fourth-order valence-corrected chi connectivity index (χ4v) is 3.06.